The van der Waals surface area contributed by atoms with Crippen LogP contribution in [-0.2, 0) is 21.4 Å². The van der Waals surface area contributed by atoms with Crippen molar-refractivity contribution in [2.75, 3.05) is 18.4 Å². The predicted molar refractivity (Wildman–Crippen MR) is 122 cm³/mol. The molecular weight excluding hydrogens is 412 g/mol. The molecule has 2 aromatic carbocycles. The Morgan fingerprint density at radius 2 is 1.84 bits per heavy atom. The van der Waals surface area contributed by atoms with E-state index in [0.29, 0.717) is 25.3 Å². The second kappa shape index (κ2) is 10.2. The van der Waals surface area contributed by atoms with Gasteiger partial charge in [0, 0.05) is 37.2 Å². The molecule has 0 unspecified atom stereocenters. The molecule has 0 saturated carbocycles. The van der Waals surface area contributed by atoms with E-state index in [1.807, 2.05) is 55.1 Å². The molecule has 0 atom stereocenters. The first-order valence-electron chi connectivity index (χ1n) is 10.1. The van der Waals surface area contributed by atoms with Crippen molar-refractivity contribution in [1.29, 1.82) is 0 Å². The van der Waals surface area contributed by atoms with Crippen LogP contribution in [0.5, 0.6) is 0 Å². The number of benzene rings is 2. The van der Waals surface area contributed by atoms with Crippen LogP contribution in [0.1, 0.15) is 25.0 Å². The average molecular weight is 439 g/mol. The Hall–Kier alpha value is -3.23. The van der Waals surface area contributed by atoms with E-state index in [1.54, 1.807) is 36.5 Å². The van der Waals surface area contributed by atoms with Gasteiger partial charge in [0.1, 0.15) is 0 Å². The molecule has 3 aromatic rings. The van der Waals surface area contributed by atoms with Crippen LogP contribution in [0.3, 0.4) is 0 Å². The highest BCUT2D eigenvalue weighted by molar-refractivity contribution is 7.89. The van der Waals surface area contributed by atoms with Crippen LogP contribution in [0.25, 0.3) is 6.08 Å². The summed E-state index contributed by atoms with van der Waals surface area (Å²) in [5, 5.41) is 7.02. The van der Waals surface area contributed by atoms with Crippen LogP contribution in [-0.4, -0.2) is 41.5 Å². The van der Waals surface area contributed by atoms with Crippen LogP contribution in [0.15, 0.2) is 78.0 Å². The van der Waals surface area contributed by atoms with Gasteiger partial charge in [0.2, 0.25) is 15.9 Å². The van der Waals surface area contributed by atoms with E-state index in [4.69, 9.17) is 0 Å². The molecule has 8 heteroatoms. The number of hydrogen-bond donors (Lipinski definition) is 1. The van der Waals surface area contributed by atoms with Gasteiger partial charge < -0.3 is 5.32 Å². The molecule has 0 aliphatic rings. The van der Waals surface area contributed by atoms with Crippen LogP contribution < -0.4 is 5.32 Å². The summed E-state index contributed by atoms with van der Waals surface area (Å²) in [4.78, 5) is 12.5. The van der Waals surface area contributed by atoms with Gasteiger partial charge in [0.05, 0.1) is 11.4 Å². The molecule has 1 N–H and O–H groups in total. The van der Waals surface area contributed by atoms with Gasteiger partial charge in [-0.3, -0.25) is 9.48 Å². The number of anilines is 1. The Morgan fingerprint density at radius 3 is 2.48 bits per heavy atom. The lowest BCUT2D eigenvalue weighted by Gasteiger charge is -2.18. The first-order valence-corrected chi connectivity index (χ1v) is 11.5. The van der Waals surface area contributed by atoms with Gasteiger partial charge in [-0.15, -0.1) is 0 Å². The number of aromatic nitrogens is 2. The van der Waals surface area contributed by atoms with Crippen molar-refractivity contribution in [3.8, 4) is 0 Å². The van der Waals surface area contributed by atoms with Gasteiger partial charge in [-0.25, -0.2) is 8.42 Å². The second-order valence-corrected chi connectivity index (χ2v) is 8.82. The number of carbonyl (C=O) groups excluding carboxylic acids is 1. The van der Waals surface area contributed by atoms with Gasteiger partial charge in [-0.1, -0.05) is 38.1 Å². The average Bonchev–Trinajstić information content (AvgIpc) is 3.26. The van der Waals surface area contributed by atoms with Crippen molar-refractivity contribution in [2.24, 2.45) is 0 Å². The molecule has 1 aromatic heterocycles. The van der Waals surface area contributed by atoms with E-state index < -0.39 is 10.0 Å². The topological polar surface area (TPSA) is 84.3 Å². The summed E-state index contributed by atoms with van der Waals surface area (Å²) in [6.45, 7) is 5.08. The standard InChI is InChI=1S/C23H26N4O3S/c1-3-27(4-2)31(29,30)22-12-9-19(10-13-22)11-14-23(28)25-21-8-5-7-20(17-21)18-26-16-6-15-24-26/h5-17H,3-4,18H2,1-2H3,(H,25,28)/b14-11+. The Labute approximate surface area is 183 Å². The van der Waals surface area contributed by atoms with Crippen LogP contribution in [0.4, 0.5) is 5.69 Å². The van der Waals surface area contributed by atoms with E-state index in [-0.39, 0.29) is 10.8 Å². The van der Waals surface area contributed by atoms with E-state index >= 15 is 0 Å². The third-order valence-corrected chi connectivity index (χ3v) is 6.81. The molecule has 1 heterocycles. The molecule has 31 heavy (non-hydrogen) atoms. The fourth-order valence-electron chi connectivity index (χ4n) is 3.15. The first-order chi connectivity index (χ1) is 14.9. The highest BCUT2D eigenvalue weighted by Crippen LogP contribution is 2.17. The second-order valence-electron chi connectivity index (χ2n) is 6.88. The monoisotopic (exact) mass is 438 g/mol. The highest BCUT2D eigenvalue weighted by Gasteiger charge is 2.20. The van der Waals surface area contributed by atoms with Gasteiger partial charge >= 0.3 is 0 Å². The summed E-state index contributed by atoms with van der Waals surface area (Å²) in [6.07, 6.45) is 6.68. The zero-order chi connectivity index (χ0) is 22.3. The minimum absolute atomic E-state index is 0.242. The predicted octanol–water partition coefficient (Wildman–Crippen LogP) is 3.61. The Balaban J connectivity index is 1.63. The number of hydrogen-bond acceptors (Lipinski definition) is 4. The Kier molecular flexibility index (Phi) is 7.38. The maximum absolute atomic E-state index is 12.5. The summed E-state index contributed by atoms with van der Waals surface area (Å²) in [5.74, 6) is -0.268. The summed E-state index contributed by atoms with van der Waals surface area (Å²) in [5.41, 5.74) is 2.46. The van der Waals surface area contributed by atoms with Crippen LogP contribution in [0, 0.1) is 0 Å². The molecular formula is C23H26N4O3S. The molecule has 0 fully saturated rings. The summed E-state index contributed by atoms with van der Waals surface area (Å²) < 4.78 is 28.3. The van der Waals surface area contributed by atoms with Gasteiger partial charge in [-0.2, -0.15) is 9.40 Å². The maximum Gasteiger partial charge on any atom is 0.248 e. The normalized spacial score (nSPS) is 11.8. The summed E-state index contributed by atoms with van der Waals surface area (Å²) in [7, 11) is -3.49. The zero-order valence-electron chi connectivity index (χ0n) is 17.6. The van der Waals surface area contributed by atoms with E-state index in [2.05, 4.69) is 10.4 Å². The van der Waals surface area contributed by atoms with E-state index in [1.165, 1.54) is 10.4 Å². The Bertz CT molecular complexity index is 1130. The SMILES string of the molecule is CCN(CC)S(=O)(=O)c1ccc(/C=C/C(=O)Nc2cccc(Cn3cccn3)c2)cc1. The van der Waals surface area contributed by atoms with Gasteiger partial charge in [0.25, 0.3) is 0 Å². The fraction of sp³-hybridized carbons (Fsp3) is 0.217. The molecule has 3 rings (SSSR count). The first kappa shape index (κ1) is 22.5. The van der Waals surface area contributed by atoms with Crippen LogP contribution in [0.2, 0.25) is 0 Å². The van der Waals surface area contributed by atoms with Crippen LogP contribution >= 0.6 is 0 Å². The van der Waals surface area contributed by atoms with E-state index in [0.717, 1.165) is 11.1 Å². The smallest absolute Gasteiger partial charge is 0.248 e. The van der Waals surface area contributed by atoms with Crippen molar-refractivity contribution in [1.82, 2.24) is 14.1 Å². The van der Waals surface area contributed by atoms with Crippen molar-refractivity contribution in [2.45, 2.75) is 25.3 Å². The largest absolute Gasteiger partial charge is 0.323 e. The number of carbonyl (C=O) groups is 1. The highest BCUT2D eigenvalue weighted by atomic mass is 32.2. The molecule has 0 saturated heterocycles. The third-order valence-electron chi connectivity index (χ3n) is 4.75. The van der Waals surface area contributed by atoms with Gasteiger partial charge in [-0.05, 0) is 47.5 Å². The number of sulfonamides is 1. The zero-order valence-corrected chi connectivity index (χ0v) is 18.4. The molecule has 0 spiro atoms. The van der Waals surface area contributed by atoms with Crippen molar-refractivity contribution < 1.29 is 13.2 Å². The molecule has 0 radical (unpaired) electrons. The molecule has 0 aliphatic heterocycles. The van der Waals surface area contributed by atoms with E-state index in [9.17, 15) is 13.2 Å². The van der Waals surface area contributed by atoms with Gasteiger partial charge in [0.15, 0.2) is 0 Å². The number of rotatable bonds is 9. The number of nitrogens with one attached hydrogen (secondary N) is 1. The fourth-order valence-corrected chi connectivity index (χ4v) is 4.61. The maximum atomic E-state index is 12.5. The molecule has 162 valence electrons. The summed E-state index contributed by atoms with van der Waals surface area (Å²) in [6, 6.07) is 15.9. The van der Waals surface area contributed by atoms with Crippen molar-refractivity contribution in [3.05, 3.63) is 84.2 Å². The number of amides is 1. The number of nitrogens with zero attached hydrogens (tertiary/aromatic N) is 3. The molecule has 1 amide bonds. The lowest BCUT2D eigenvalue weighted by Crippen LogP contribution is -2.30. The quantitative estimate of drug-likeness (QED) is 0.517. The minimum Gasteiger partial charge on any atom is -0.323 e. The molecule has 0 aliphatic carbocycles. The minimum atomic E-state index is -3.49. The third kappa shape index (κ3) is 5.90. The lowest BCUT2D eigenvalue weighted by atomic mass is 10.2. The Morgan fingerprint density at radius 1 is 1.10 bits per heavy atom. The van der Waals surface area contributed by atoms with Crippen molar-refractivity contribution >= 4 is 27.7 Å². The lowest BCUT2D eigenvalue weighted by molar-refractivity contribution is -0.111. The van der Waals surface area contributed by atoms with Crippen molar-refractivity contribution in [3.63, 3.8) is 0 Å². The molecule has 0 bridgehead atoms. The molecule has 7 nitrogen and oxygen atoms in total. The summed E-state index contributed by atoms with van der Waals surface area (Å²) >= 11 is 0.